The van der Waals surface area contributed by atoms with Gasteiger partial charge in [-0.25, -0.2) is 4.39 Å². The number of hydrogen-bond donors (Lipinski definition) is 3. The highest BCUT2D eigenvalue weighted by Gasteiger charge is 2.37. The topological polar surface area (TPSA) is 70.2 Å². The van der Waals surface area contributed by atoms with E-state index in [2.05, 4.69) is 40.2 Å². The van der Waals surface area contributed by atoms with Crippen molar-refractivity contribution < 1.29 is 14.0 Å². The van der Waals surface area contributed by atoms with Crippen molar-refractivity contribution in [3.05, 3.63) is 132 Å². The maximum atomic E-state index is 13.6. The van der Waals surface area contributed by atoms with Gasteiger partial charge in [0.25, 0.3) is 5.91 Å². The summed E-state index contributed by atoms with van der Waals surface area (Å²) in [6.45, 7) is 1.05. The molecule has 0 radical (unpaired) electrons. The fraction of sp³-hybridized carbons (Fsp3) is 0.257. The summed E-state index contributed by atoms with van der Waals surface area (Å²) in [6.07, 6.45) is 3.33. The van der Waals surface area contributed by atoms with Gasteiger partial charge in [0.05, 0.1) is 0 Å². The summed E-state index contributed by atoms with van der Waals surface area (Å²) < 4.78 is 13.6. The Labute approximate surface area is 241 Å². The number of rotatable bonds is 13. The van der Waals surface area contributed by atoms with Crippen LogP contribution >= 0.6 is 0 Å². The molecule has 3 atom stereocenters. The summed E-state index contributed by atoms with van der Waals surface area (Å²) >= 11 is 0. The number of carbonyl (C=O) groups is 2. The van der Waals surface area contributed by atoms with Gasteiger partial charge in [0.2, 0.25) is 5.91 Å². The predicted molar refractivity (Wildman–Crippen MR) is 161 cm³/mol. The molecular formula is C35H36FN3O2. The molecule has 6 heteroatoms. The van der Waals surface area contributed by atoms with Gasteiger partial charge < -0.3 is 16.0 Å². The first kappa shape index (κ1) is 28.2. The Morgan fingerprint density at radius 3 is 2.24 bits per heavy atom. The summed E-state index contributed by atoms with van der Waals surface area (Å²) in [7, 11) is 0. The lowest BCUT2D eigenvalue weighted by molar-refractivity contribution is -0.123. The number of amides is 2. The minimum absolute atomic E-state index is 0.193. The van der Waals surface area contributed by atoms with Gasteiger partial charge in [-0.2, -0.15) is 0 Å². The average molecular weight is 550 g/mol. The lowest BCUT2D eigenvalue weighted by Gasteiger charge is -2.19. The molecule has 210 valence electrons. The highest BCUT2D eigenvalue weighted by molar-refractivity contribution is 5.97. The highest BCUT2D eigenvalue weighted by atomic mass is 19.1. The van der Waals surface area contributed by atoms with Gasteiger partial charge in [-0.3, -0.25) is 9.59 Å². The van der Waals surface area contributed by atoms with Gasteiger partial charge in [0.15, 0.2) is 0 Å². The number of unbranched alkanes of at least 4 members (excludes halogenated alkanes) is 1. The van der Waals surface area contributed by atoms with Crippen LogP contribution in [-0.4, -0.2) is 30.4 Å². The monoisotopic (exact) mass is 549 g/mol. The first-order valence-corrected chi connectivity index (χ1v) is 14.3. The van der Waals surface area contributed by atoms with Crippen molar-refractivity contribution in [1.82, 2.24) is 16.0 Å². The zero-order chi connectivity index (χ0) is 28.4. The zero-order valence-corrected chi connectivity index (χ0v) is 23.1. The molecule has 5 rings (SSSR count). The molecule has 5 nitrogen and oxygen atoms in total. The van der Waals surface area contributed by atoms with Crippen molar-refractivity contribution in [3.63, 3.8) is 0 Å². The SMILES string of the molecule is O=C(N[C@@H](CCCCNC1CC1c1ccccc1)C(=O)NCc1cccc(F)c1)c1ccc(-c2ccccc2)cc1. The van der Waals surface area contributed by atoms with Crippen molar-refractivity contribution in [1.29, 1.82) is 0 Å². The Hall–Kier alpha value is -4.29. The molecule has 2 amide bonds. The molecular weight excluding hydrogens is 513 g/mol. The quantitative estimate of drug-likeness (QED) is 0.173. The van der Waals surface area contributed by atoms with E-state index in [0.29, 0.717) is 29.5 Å². The number of nitrogens with one attached hydrogen (secondary N) is 3. The fourth-order valence-corrected chi connectivity index (χ4v) is 5.16. The van der Waals surface area contributed by atoms with Crippen molar-refractivity contribution in [3.8, 4) is 11.1 Å². The van der Waals surface area contributed by atoms with Gasteiger partial charge in [-0.15, -0.1) is 0 Å². The minimum atomic E-state index is -0.692. The molecule has 0 bridgehead atoms. The summed E-state index contributed by atoms with van der Waals surface area (Å²) in [5.74, 6) is -0.344. The van der Waals surface area contributed by atoms with E-state index in [1.54, 1.807) is 24.3 Å². The van der Waals surface area contributed by atoms with Crippen LogP contribution in [0.4, 0.5) is 4.39 Å². The lowest BCUT2D eigenvalue weighted by atomic mass is 10.0. The smallest absolute Gasteiger partial charge is 0.251 e. The average Bonchev–Trinajstić information content (AvgIpc) is 3.80. The molecule has 0 spiro atoms. The van der Waals surface area contributed by atoms with Gasteiger partial charge in [0.1, 0.15) is 11.9 Å². The number of benzene rings is 4. The van der Waals surface area contributed by atoms with Crippen LogP contribution in [0.2, 0.25) is 0 Å². The van der Waals surface area contributed by atoms with Crippen molar-refractivity contribution in [2.24, 2.45) is 0 Å². The third kappa shape index (κ3) is 8.12. The Bertz CT molecular complexity index is 1430. The molecule has 1 aliphatic rings. The minimum Gasteiger partial charge on any atom is -0.350 e. The van der Waals surface area contributed by atoms with E-state index in [0.717, 1.165) is 36.9 Å². The van der Waals surface area contributed by atoms with Gasteiger partial charge in [-0.1, -0.05) is 84.9 Å². The normalized spacial score (nSPS) is 16.5. The van der Waals surface area contributed by atoms with E-state index in [1.807, 2.05) is 48.5 Å². The third-order valence-electron chi connectivity index (χ3n) is 7.58. The molecule has 0 aliphatic heterocycles. The van der Waals surface area contributed by atoms with E-state index in [-0.39, 0.29) is 24.2 Å². The Morgan fingerprint density at radius 2 is 1.51 bits per heavy atom. The Kier molecular flexibility index (Phi) is 9.55. The Balaban J connectivity index is 1.15. The van der Waals surface area contributed by atoms with Gasteiger partial charge in [-0.05, 0) is 78.7 Å². The fourth-order valence-electron chi connectivity index (χ4n) is 5.16. The highest BCUT2D eigenvalue weighted by Crippen LogP contribution is 2.40. The second-order valence-corrected chi connectivity index (χ2v) is 10.6. The van der Waals surface area contributed by atoms with E-state index >= 15 is 0 Å². The first-order valence-electron chi connectivity index (χ1n) is 14.3. The predicted octanol–water partition coefficient (Wildman–Crippen LogP) is 6.22. The number of hydrogen-bond acceptors (Lipinski definition) is 3. The lowest BCUT2D eigenvalue weighted by Crippen LogP contribution is -2.46. The molecule has 41 heavy (non-hydrogen) atoms. The molecule has 0 heterocycles. The van der Waals surface area contributed by atoms with Gasteiger partial charge >= 0.3 is 0 Å². The summed E-state index contributed by atoms with van der Waals surface area (Å²) in [5.41, 5.74) is 4.63. The number of halogens is 1. The van der Waals surface area contributed by atoms with Crippen molar-refractivity contribution in [2.45, 2.75) is 50.2 Å². The van der Waals surface area contributed by atoms with Crippen LogP contribution in [0.1, 0.15) is 53.1 Å². The van der Waals surface area contributed by atoms with Crippen LogP contribution in [0.5, 0.6) is 0 Å². The molecule has 2 unspecified atom stereocenters. The van der Waals surface area contributed by atoms with E-state index in [4.69, 9.17) is 0 Å². The van der Waals surface area contributed by atoms with E-state index in [9.17, 15) is 14.0 Å². The molecule has 0 aromatic heterocycles. The second-order valence-electron chi connectivity index (χ2n) is 10.6. The molecule has 4 aromatic carbocycles. The molecule has 1 aliphatic carbocycles. The van der Waals surface area contributed by atoms with Crippen LogP contribution in [-0.2, 0) is 11.3 Å². The zero-order valence-electron chi connectivity index (χ0n) is 23.1. The van der Waals surface area contributed by atoms with Crippen molar-refractivity contribution in [2.75, 3.05) is 6.54 Å². The van der Waals surface area contributed by atoms with Crippen LogP contribution < -0.4 is 16.0 Å². The molecule has 0 saturated heterocycles. The molecule has 4 aromatic rings. The van der Waals surface area contributed by atoms with E-state index in [1.165, 1.54) is 17.7 Å². The van der Waals surface area contributed by atoms with Crippen LogP contribution in [0.3, 0.4) is 0 Å². The van der Waals surface area contributed by atoms with Crippen LogP contribution in [0.25, 0.3) is 11.1 Å². The van der Waals surface area contributed by atoms with E-state index < -0.39 is 6.04 Å². The van der Waals surface area contributed by atoms with Crippen LogP contribution in [0, 0.1) is 5.82 Å². The largest absolute Gasteiger partial charge is 0.350 e. The summed E-state index contributed by atoms with van der Waals surface area (Å²) in [4.78, 5) is 26.3. The third-order valence-corrected chi connectivity index (χ3v) is 7.58. The maximum Gasteiger partial charge on any atom is 0.251 e. The standard InChI is InChI=1S/C35H36FN3O2/c36-30-15-9-10-25(22-30)24-38-35(41)32(16-7-8-21-37-33-23-31(33)28-13-5-2-6-14-28)39-34(40)29-19-17-27(18-20-29)26-11-3-1-4-12-26/h1-6,9-15,17-20,22,31-33,37H,7-8,16,21,23-24H2,(H,38,41)(H,39,40)/t31?,32-,33?/m0/s1. The van der Waals surface area contributed by atoms with Crippen LogP contribution in [0.15, 0.2) is 109 Å². The molecule has 1 fully saturated rings. The Morgan fingerprint density at radius 1 is 0.805 bits per heavy atom. The number of carbonyl (C=O) groups excluding carboxylic acids is 2. The molecule has 1 saturated carbocycles. The van der Waals surface area contributed by atoms with Gasteiger partial charge in [0, 0.05) is 24.1 Å². The first-order chi connectivity index (χ1) is 20.1. The summed E-state index contributed by atoms with van der Waals surface area (Å²) in [6, 6.07) is 33.9. The second kappa shape index (κ2) is 13.9. The maximum absolute atomic E-state index is 13.6. The van der Waals surface area contributed by atoms with Crippen molar-refractivity contribution >= 4 is 11.8 Å². The molecule has 3 N–H and O–H groups in total. The summed E-state index contributed by atoms with van der Waals surface area (Å²) in [5, 5.41) is 9.43.